The molecule has 1 aliphatic heterocycles. The van der Waals surface area contributed by atoms with Crippen molar-refractivity contribution in [2.75, 3.05) is 6.61 Å². The van der Waals surface area contributed by atoms with Gasteiger partial charge in [-0.05, 0) is 13.3 Å². The quantitative estimate of drug-likeness (QED) is 0.293. The monoisotopic (exact) mass is 144 g/mol. The predicted molar refractivity (Wildman–Crippen MR) is 35.9 cm³/mol. The molecular weight excluding hydrogens is 132 g/mol. The van der Waals surface area contributed by atoms with Crippen LogP contribution in [0.2, 0.25) is 0 Å². The Morgan fingerprint density at radius 3 is 2.90 bits per heavy atom. The van der Waals surface area contributed by atoms with Gasteiger partial charge >= 0.3 is 0 Å². The van der Waals surface area contributed by atoms with Crippen molar-refractivity contribution >= 4 is 5.91 Å². The highest BCUT2D eigenvalue weighted by Crippen LogP contribution is 2.18. The van der Waals surface area contributed by atoms with Gasteiger partial charge in [-0.3, -0.25) is 10.2 Å². The lowest BCUT2D eigenvalue weighted by atomic mass is 10.1. The lowest BCUT2D eigenvalue weighted by Gasteiger charge is -2.03. The molecule has 1 heterocycles. The van der Waals surface area contributed by atoms with E-state index in [1.807, 2.05) is 6.92 Å². The van der Waals surface area contributed by atoms with Gasteiger partial charge in [0.15, 0.2) is 0 Å². The van der Waals surface area contributed by atoms with E-state index in [0.29, 0.717) is 6.61 Å². The van der Waals surface area contributed by atoms with Crippen LogP contribution in [0.5, 0.6) is 0 Å². The first kappa shape index (κ1) is 7.50. The highest BCUT2D eigenvalue weighted by molar-refractivity contribution is 5.78. The fraction of sp³-hybridized carbons (Fsp3) is 0.833. The standard InChI is InChI=1S/C6H12N2O2/c1-4-2-5(3-10-4)6(9)8-7/h4-5H,2-3,7H2,1H3,(H,8,9). The van der Waals surface area contributed by atoms with E-state index >= 15 is 0 Å². The Labute approximate surface area is 59.7 Å². The van der Waals surface area contributed by atoms with Crippen molar-refractivity contribution in [3.05, 3.63) is 0 Å². The molecule has 0 bridgehead atoms. The maximum atomic E-state index is 10.8. The molecule has 0 aromatic rings. The molecule has 58 valence electrons. The number of carbonyl (C=O) groups excluding carboxylic acids is 1. The molecular formula is C6H12N2O2. The Morgan fingerprint density at radius 1 is 1.80 bits per heavy atom. The SMILES string of the molecule is CC1CC(C(=O)NN)CO1. The van der Waals surface area contributed by atoms with Crippen LogP contribution in [-0.4, -0.2) is 18.6 Å². The third-order valence-corrected chi connectivity index (χ3v) is 1.71. The largest absolute Gasteiger partial charge is 0.378 e. The fourth-order valence-corrected chi connectivity index (χ4v) is 1.12. The fourth-order valence-electron chi connectivity index (χ4n) is 1.12. The minimum absolute atomic E-state index is 0.0417. The van der Waals surface area contributed by atoms with Crippen molar-refractivity contribution in [2.45, 2.75) is 19.4 Å². The number of rotatable bonds is 1. The summed E-state index contributed by atoms with van der Waals surface area (Å²) >= 11 is 0. The van der Waals surface area contributed by atoms with Gasteiger partial charge in [0.05, 0.1) is 18.6 Å². The van der Waals surface area contributed by atoms with Crippen molar-refractivity contribution in [2.24, 2.45) is 11.8 Å². The highest BCUT2D eigenvalue weighted by Gasteiger charge is 2.27. The Kier molecular flexibility index (Phi) is 2.24. The second kappa shape index (κ2) is 2.98. The topological polar surface area (TPSA) is 64.4 Å². The van der Waals surface area contributed by atoms with Crippen molar-refractivity contribution in [3.63, 3.8) is 0 Å². The lowest BCUT2D eigenvalue weighted by Crippen LogP contribution is -2.36. The lowest BCUT2D eigenvalue weighted by molar-refractivity contribution is -0.125. The van der Waals surface area contributed by atoms with E-state index in [-0.39, 0.29) is 17.9 Å². The molecule has 2 unspecified atom stereocenters. The van der Waals surface area contributed by atoms with Crippen LogP contribution in [0.25, 0.3) is 0 Å². The summed E-state index contributed by atoms with van der Waals surface area (Å²) in [6, 6.07) is 0. The summed E-state index contributed by atoms with van der Waals surface area (Å²) in [5.41, 5.74) is 2.11. The molecule has 1 fully saturated rings. The predicted octanol–water partition coefficient (Wildman–Crippen LogP) is -0.599. The minimum Gasteiger partial charge on any atom is -0.378 e. The molecule has 4 nitrogen and oxygen atoms in total. The Balaban J connectivity index is 2.37. The first-order valence-corrected chi connectivity index (χ1v) is 3.36. The normalized spacial score (nSPS) is 32.2. The van der Waals surface area contributed by atoms with E-state index < -0.39 is 0 Å². The van der Waals surface area contributed by atoms with Crippen LogP contribution in [-0.2, 0) is 9.53 Å². The van der Waals surface area contributed by atoms with Crippen LogP contribution in [0.4, 0.5) is 0 Å². The molecule has 1 aliphatic rings. The molecule has 0 aromatic carbocycles. The van der Waals surface area contributed by atoms with Gasteiger partial charge in [0.2, 0.25) is 5.91 Å². The van der Waals surface area contributed by atoms with Gasteiger partial charge in [0, 0.05) is 0 Å². The van der Waals surface area contributed by atoms with Gasteiger partial charge in [0.1, 0.15) is 0 Å². The van der Waals surface area contributed by atoms with Crippen LogP contribution in [0, 0.1) is 5.92 Å². The maximum absolute atomic E-state index is 10.8. The molecule has 4 heteroatoms. The average Bonchev–Trinajstić information content (AvgIpc) is 2.34. The number of hydrogen-bond acceptors (Lipinski definition) is 3. The number of carbonyl (C=O) groups is 1. The zero-order chi connectivity index (χ0) is 7.56. The van der Waals surface area contributed by atoms with Crippen LogP contribution in [0.15, 0.2) is 0 Å². The summed E-state index contributed by atoms with van der Waals surface area (Å²) in [5.74, 6) is 4.78. The average molecular weight is 144 g/mol. The van der Waals surface area contributed by atoms with Crippen molar-refractivity contribution < 1.29 is 9.53 Å². The van der Waals surface area contributed by atoms with Gasteiger partial charge in [-0.15, -0.1) is 0 Å². The molecule has 0 spiro atoms. The molecule has 3 N–H and O–H groups in total. The van der Waals surface area contributed by atoms with Crippen LogP contribution in [0.1, 0.15) is 13.3 Å². The first-order valence-electron chi connectivity index (χ1n) is 3.36. The van der Waals surface area contributed by atoms with Crippen LogP contribution < -0.4 is 11.3 Å². The van der Waals surface area contributed by atoms with Gasteiger partial charge in [-0.1, -0.05) is 0 Å². The summed E-state index contributed by atoms with van der Waals surface area (Å²) < 4.78 is 5.17. The molecule has 10 heavy (non-hydrogen) atoms. The molecule has 2 atom stereocenters. The third kappa shape index (κ3) is 1.46. The van der Waals surface area contributed by atoms with Gasteiger partial charge < -0.3 is 4.74 Å². The molecule has 1 saturated heterocycles. The second-order valence-corrected chi connectivity index (χ2v) is 2.59. The van der Waals surface area contributed by atoms with E-state index in [9.17, 15) is 4.79 Å². The van der Waals surface area contributed by atoms with Crippen LogP contribution >= 0.6 is 0 Å². The van der Waals surface area contributed by atoms with Gasteiger partial charge in [-0.25, -0.2) is 5.84 Å². The van der Waals surface area contributed by atoms with Crippen molar-refractivity contribution in [1.29, 1.82) is 0 Å². The second-order valence-electron chi connectivity index (χ2n) is 2.59. The third-order valence-electron chi connectivity index (χ3n) is 1.71. The Hall–Kier alpha value is -0.610. The van der Waals surface area contributed by atoms with Crippen LogP contribution in [0.3, 0.4) is 0 Å². The molecule has 1 amide bonds. The summed E-state index contributed by atoms with van der Waals surface area (Å²) in [5, 5.41) is 0. The Bertz CT molecular complexity index is 138. The molecule has 0 aromatic heterocycles. The smallest absolute Gasteiger partial charge is 0.239 e. The van der Waals surface area contributed by atoms with E-state index in [1.54, 1.807) is 0 Å². The van der Waals surface area contributed by atoms with E-state index in [0.717, 1.165) is 6.42 Å². The summed E-state index contributed by atoms with van der Waals surface area (Å²) in [7, 11) is 0. The van der Waals surface area contributed by atoms with E-state index in [2.05, 4.69) is 5.43 Å². The van der Waals surface area contributed by atoms with Crippen molar-refractivity contribution in [1.82, 2.24) is 5.43 Å². The van der Waals surface area contributed by atoms with E-state index in [4.69, 9.17) is 10.6 Å². The number of hydrogen-bond donors (Lipinski definition) is 2. The zero-order valence-corrected chi connectivity index (χ0v) is 5.96. The maximum Gasteiger partial charge on any atom is 0.239 e. The zero-order valence-electron chi connectivity index (χ0n) is 5.96. The Morgan fingerprint density at radius 2 is 2.50 bits per heavy atom. The molecule has 0 aliphatic carbocycles. The summed E-state index contributed by atoms with van der Waals surface area (Å²) in [6.45, 7) is 2.45. The number of nitrogens with two attached hydrogens (primary N) is 1. The molecule has 1 rings (SSSR count). The van der Waals surface area contributed by atoms with Crippen molar-refractivity contribution in [3.8, 4) is 0 Å². The number of hydrazine groups is 1. The van der Waals surface area contributed by atoms with E-state index in [1.165, 1.54) is 0 Å². The molecule has 0 radical (unpaired) electrons. The number of nitrogens with one attached hydrogen (secondary N) is 1. The number of ether oxygens (including phenoxy) is 1. The summed E-state index contributed by atoms with van der Waals surface area (Å²) in [6.07, 6.45) is 0.977. The van der Waals surface area contributed by atoms with Gasteiger partial charge in [0.25, 0.3) is 0 Å². The van der Waals surface area contributed by atoms with Gasteiger partial charge in [-0.2, -0.15) is 0 Å². The highest BCUT2D eigenvalue weighted by atomic mass is 16.5. The summed E-state index contributed by atoms with van der Waals surface area (Å²) in [4.78, 5) is 10.8. The first-order chi connectivity index (χ1) is 4.74. The molecule has 0 saturated carbocycles. The minimum atomic E-state index is -0.121. The number of amides is 1.